The summed E-state index contributed by atoms with van der Waals surface area (Å²) in [5.74, 6) is -1.45. The van der Waals surface area contributed by atoms with Crippen LogP contribution in [-0.4, -0.2) is 53.5 Å². The van der Waals surface area contributed by atoms with Crippen molar-refractivity contribution in [1.82, 2.24) is 10.2 Å². The van der Waals surface area contributed by atoms with Gasteiger partial charge in [-0.2, -0.15) is 0 Å². The zero-order chi connectivity index (χ0) is 28.0. The zero-order valence-electron chi connectivity index (χ0n) is 22.6. The van der Waals surface area contributed by atoms with Gasteiger partial charge in [0.1, 0.15) is 17.4 Å². The average Bonchev–Trinajstić information content (AvgIpc) is 3.59. The minimum Gasteiger partial charge on any atom is -0.497 e. The lowest BCUT2D eigenvalue weighted by atomic mass is 9.74. The van der Waals surface area contributed by atoms with Crippen LogP contribution in [0.1, 0.15) is 38.2 Å². The van der Waals surface area contributed by atoms with E-state index in [0.29, 0.717) is 22.4 Å². The van der Waals surface area contributed by atoms with Gasteiger partial charge in [-0.15, -0.1) is 0 Å². The lowest BCUT2D eigenvalue weighted by molar-refractivity contribution is -0.142. The largest absolute Gasteiger partial charge is 0.497 e. The smallest absolute Gasteiger partial charge is 0.246 e. The van der Waals surface area contributed by atoms with E-state index >= 15 is 0 Å². The van der Waals surface area contributed by atoms with Crippen molar-refractivity contribution in [3.63, 3.8) is 0 Å². The van der Waals surface area contributed by atoms with E-state index in [1.54, 1.807) is 48.4 Å². The summed E-state index contributed by atoms with van der Waals surface area (Å²) in [5, 5.41) is 6.79. The van der Waals surface area contributed by atoms with E-state index in [1.807, 2.05) is 24.3 Å². The predicted molar refractivity (Wildman–Crippen MR) is 151 cm³/mol. The molecule has 6 rings (SSSR count). The first-order chi connectivity index (χ1) is 19.3. The highest BCUT2D eigenvalue weighted by molar-refractivity contribution is 6.30. The minimum atomic E-state index is -1.22. The summed E-state index contributed by atoms with van der Waals surface area (Å²) in [6.07, 6.45) is 7.25. The van der Waals surface area contributed by atoms with E-state index in [2.05, 4.69) is 17.6 Å². The van der Waals surface area contributed by atoms with Crippen LogP contribution in [-0.2, 0) is 25.7 Å². The number of nitrogens with zero attached hydrogens (tertiary/aromatic N) is 1. The van der Waals surface area contributed by atoms with Gasteiger partial charge in [0.25, 0.3) is 0 Å². The molecule has 1 spiro atoms. The molecule has 4 aliphatic rings. The molecule has 8 nitrogen and oxygen atoms in total. The molecule has 2 saturated heterocycles. The number of halogens is 1. The standard InChI is InChI=1S/C31H34ClN3O5/c1-18-6-3-4-9-23(18)34-29(37)27-31-15-14-24(40-31)25(28(36)33-21-7-5-8-22(16-21)39-2)26(31)30(38)35(27)17-19-10-12-20(32)13-11-19/h5,7-8,10-16,18,23-27H,3-4,6,9,17H2,1-2H3,(H,33,36)(H,34,37)/t18-,23-,24+,25-,26+,27+,31+/m0/s1. The Morgan fingerprint density at radius 2 is 1.90 bits per heavy atom. The average molecular weight is 564 g/mol. The highest BCUT2D eigenvalue weighted by Crippen LogP contribution is 2.55. The van der Waals surface area contributed by atoms with Crippen LogP contribution in [0, 0.1) is 17.8 Å². The lowest BCUT2D eigenvalue weighted by Gasteiger charge is -2.36. The third-order valence-corrected chi connectivity index (χ3v) is 9.22. The number of hydrogen-bond donors (Lipinski definition) is 2. The Morgan fingerprint density at radius 1 is 1.12 bits per heavy atom. The number of methoxy groups -OCH3 is 1. The van der Waals surface area contributed by atoms with Gasteiger partial charge in [0.2, 0.25) is 17.7 Å². The number of hydrogen-bond acceptors (Lipinski definition) is 5. The number of carbonyl (C=O) groups excluding carboxylic acids is 3. The van der Waals surface area contributed by atoms with E-state index in [4.69, 9.17) is 21.1 Å². The first-order valence-corrected chi connectivity index (χ1v) is 14.4. The number of amides is 3. The van der Waals surface area contributed by atoms with Gasteiger partial charge in [0.05, 0.1) is 25.0 Å². The molecular formula is C31H34ClN3O5. The number of rotatable bonds is 7. The Kier molecular flexibility index (Phi) is 7.09. The van der Waals surface area contributed by atoms with Crippen molar-refractivity contribution < 1.29 is 23.9 Å². The summed E-state index contributed by atoms with van der Waals surface area (Å²) in [4.78, 5) is 43.5. The quantitative estimate of drug-likeness (QED) is 0.489. The van der Waals surface area contributed by atoms with Crippen molar-refractivity contribution in [1.29, 1.82) is 0 Å². The van der Waals surface area contributed by atoms with Crippen molar-refractivity contribution in [2.45, 2.75) is 62.9 Å². The molecule has 210 valence electrons. The van der Waals surface area contributed by atoms with Gasteiger partial charge in [0.15, 0.2) is 0 Å². The van der Waals surface area contributed by atoms with Gasteiger partial charge in [-0.05, 0) is 48.6 Å². The summed E-state index contributed by atoms with van der Waals surface area (Å²) in [5.41, 5.74) is 0.190. The van der Waals surface area contributed by atoms with Crippen molar-refractivity contribution in [3.8, 4) is 5.75 Å². The highest BCUT2D eigenvalue weighted by atomic mass is 35.5. The molecule has 0 aromatic heterocycles. The van der Waals surface area contributed by atoms with Gasteiger partial charge in [0, 0.05) is 29.4 Å². The molecule has 1 saturated carbocycles. The number of carbonyl (C=O) groups is 3. The molecule has 40 heavy (non-hydrogen) atoms. The Balaban J connectivity index is 1.32. The van der Waals surface area contributed by atoms with Gasteiger partial charge in [-0.3, -0.25) is 14.4 Å². The van der Waals surface area contributed by atoms with Gasteiger partial charge in [-0.25, -0.2) is 0 Å². The third-order valence-electron chi connectivity index (χ3n) is 8.97. The van der Waals surface area contributed by atoms with Gasteiger partial charge >= 0.3 is 0 Å². The fourth-order valence-corrected chi connectivity index (χ4v) is 7.07. The van der Waals surface area contributed by atoms with Crippen LogP contribution in [0.5, 0.6) is 5.75 Å². The number of fused-ring (bicyclic) bond motifs is 1. The fourth-order valence-electron chi connectivity index (χ4n) is 6.94. The first-order valence-electron chi connectivity index (χ1n) is 14.0. The Hall–Kier alpha value is -3.36. The van der Waals surface area contributed by atoms with Gasteiger partial charge < -0.3 is 25.0 Å². The summed E-state index contributed by atoms with van der Waals surface area (Å²) in [6.45, 7) is 2.37. The summed E-state index contributed by atoms with van der Waals surface area (Å²) in [6, 6.07) is 13.4. The van der Waals surface area contributed by atoms with Crippen molar-refractivity contribution >= 4 is 35.0 Å². The molecule has 7 atom stereocenters. The summed E-state index contributed by atoms with van der Waals surface area (Å²) in [7, 11) is 1.56. The normalized spacial score (nSPS) is 32.2. The molecule has 0 radical (unpaired) electrons. The van der Waals surface area contributed by atoms with E-state index in [0.717, 1.165) is 31.2 Å². The monoisotopic (exact) mass is 563 g/mol. The second-order valence-electron chi connectivity index (χ2n) is 11.4. The Bertz CT molecular complexity index is 1350. The molecule has 2 N–H and O–H groups in total. The van der Waals surface area contributed by atoms with Crippen LogP contribution in [0.3, 0.4) is 0 Å². The summed E-state index contributed by atoms with van der Waals surface area (Å²) < 4.78 is 11.8. The number of likely N-dealkylation sites (tertiary alicyclic amines) is 1. The Labute approximate surface area is 239 Å². The van der Waals surface area contributed by atoms with Crippen molar-refractivity contribution in [2.75, 3.05) is 12.4 Å². The molecule has 3 heterocycles. The molecule has 2 bridgehead atoms. The fraction of sp³-hybridized carbons (Fsp3) is 0.452. The van der Waals surface area contributed by atoms with Crippen LogP contribution in [0.2, 0.25) is 5.02 Å². The molecule has 1 aliphatic carbocycles. The van der Waals surface area contributed by atoms with E-state index in [9.17, 15) is 14.4 Å². The molecule has 2 aromatic rings. The second kappa shape index (κ2) is 10.6. The van der Waals surface area contributed by atoms with Crippen LogP contribution in [0.25, 0.3) is 0 Å². The summed E-state index contributed by atoms with van der Waals surface area (Å²) >= 11 is 6.10. The Morgan fingerprint density at radius 3 is 2.65 bits per heavy atom. The molecule has 3 aliphatic heterocycles. The molecule has 0 unspecified atom stereocenters. The lowest BCUT2D eigenvalue weighted by Crippen LogP contribution is -2.57. The van der Waals surface area contributed by atoms with Crippen LogP contribution in [0.4, 0.5) is 5.69 Å². The molecule has 9 heteroatoms. The highest BCUT2D eigenvalue weighted by Gasteiger charge is 2.72. The van der Waals surface area contributed by atoms with Gasteiger partial charge in [-0.1, -0.05) is 61.7 Å². The molecule has 2 aromatic carbocycles. The van der Waals surface area contributed by atoms with Crippen LogP contribution >= 0.6 is 11.6 Å². The van der Waals surface area contributed by atoms with E-state index < -0.39 is 29.6 Å². The molecular weight excluding hydrogens is 530 g/mol. The van der Waals surface area contributed by atoms with E-state index in [-0.39, 0.29) is 30.3 Å². The topological polar surface area (TPSA) is 97.0 Å². The minimum absolute atomic E-state index is 0.0407. The first kappa shape index (κ1) is 26.8. The predicted octanol–water partition coefficient (Wildman–Crippen LogP) is 4.33. The molecule has 3 fully saturated rings. The number of nitrogens with one attached hydrogen (secondary N) is 2. The van der Waals surface area contributed by atoms with Crippen LogP contribution in [0.15, 0.2) is 60.7 Å². The van der Waals surface area contributed by atoms with Crippen LogP contribution < -0.4 is 15.4 Å². The van der Waals surface area contributed by atoms with Crippen molar-refractivity contribution in [3.05, 3.63) is 71.3 Å². The maximum absolute atomic E-state index is 14.2. The third kappa shape index (κ3) is 4.57. The van der Waals surface area contributed by atoms with Crippen molar-refractivity contribution in [2.24, 2.45) is 17.8 Å². The van der Waals surface area contributed by atoms with E-state index in [1.165, 1.54) is 0 Å². The maximum atomic E-state index is 14.2. The maximum Gasteiger partial charge on any atom is 0.246 e. The zero-order valence-corrected chi connectivity index (χ0v) is 23.4. The molecule has 3 amide bonds. The number of ether oxygens (including phenoxy) is 2. The SMILES string of the molecule is COc1cccc(NC(=O)[C@H]2[C@H]3C=C[C@@]4(O3)[C@H]2C(=O)N(Cc2ccc(Cl)cc2)[C@@H]4C(=O)N[C@H]2CCCC[C@@H]2C)c1. The number of anilines is 1. The number of benzene rings is 2. The second-order valence-corrected chi connectivity index (χ2v) is 11.8.